The number of Topliss-reactive ketones (excluding diaryl/α,β-unsaturated/α-hetero) is 1. The maximum Gasteiger partial charge on any atom is 0.251 e. The zero-order chi connectivity index (χ0) is 19.8. The Morgan fingerprint density at radius 3 is 2.29 bits per heavy atom. The molecule has 1 amide bonds. The first kappa shape index (κ1) is 19.6. The number of nitrogens with zero attached hydrogens (tertiary/aromatic N) is 3. The molecule has 1 heterocycles. The molecule has 3 aromatic rings. The highest BCUT2D eigenvalue weighted by Gasteiger charge is 2.15. The zero-order valence-electron chi connectivity index (χ0n) is 15.2. The summed E-state index contributed by atoms with van der Waals surface area (Å²) >= 11 is 1.32. The van der Waals surface area contributed by atoms with Crippen LogP contribution < -0.4 is 5.32 Å². The molecule has 1 N–H and O–H groups in total. The van der Waals surface area contributed by atoms with Gasteiger partial charge >= 0.3 is 0 Å². The molecule has 0 aliphatic rings. The number of amides is 1. The molecule has 0 fully saturated rings. The number of nitrogens with one attached hydrogen (secondary N) is 1. The van der Waals surface area contributed by atoms with Crippen molar-refractivity contribution in [2.45, 2.75) is 18.2 Å². The van der Waals surface area contributed by atoms with Gasteiger partial charge in [-0.1, -0.05) is 66.4 Å². The van der Waals surface area contributed by atoms with E-state index in [1.165, 1.54) is 11.8 Å². The van der Waals surface area contributed by atoms with Gasteiger partial charge in [0.2, 0.25) is 0 Å². The van der Waals surface area contributed by atoms with E-state index in [1.807, 2.05) is 41.0 Å². The lowest BCUT2D eigenvalue weighted by Gasteiger charge is -2.09. The highest BCUT2D eigenvalue weighted by Crippen LogP contribution is 2.19. The number of hydrogen-bond donors (Lipinski definition) is 1. The lowest BCUT2D eigenvalue weighted by molar-refractivity contribution is 0.0948. The van der Waals surface area contributed by atoms with Crippen molar-refractivity contribution in [3.8, 4) is 0 Å². The minimum Gasteiger partial charge on any atom is -0.345 e. The van der Waals surface area contributed by atoms with Crippen LogP contribution in [0.3, 0.4) is 0 Å². The van der Waals surface area contributed by atoms with Crippen molar-refractivity contribution in [1.29, 1.82) is 0 Å². The smallest absolute Gasteiger partial charge is 0.251 e. The second kappa shape index (κ2) is 9.66. The van der Waals surface area contributed by atoms with Gasteiger partial charge in [0.1, 0.15) is 0 Å². The molecule has 142 valence electrons. The molecule has 6 nitrogen and oxygen atoms in total. The van der Waals surface area contributed by atoms with E-state index in [9.17, 15) is 9.59 Å². The molecule has 1 aromatic heterocycles. The summed E-state index contributed by atoms with van der Waals surface area (Å²) in [6, 6.07) is 18.1. The van der Waals surface area contributed by atoms with E-state index >= 15 is 0 Å². The van der Waals surface area contributed by atoms with Gasteiger partial charge in [0, 0.05) is 17.7 Å². The second-order valence-electron chi connectivity index (χ2n) is 5.92. The predicted octanol–water partition coefficient (Wildman–Crippen LogP) is 3.37. The van der Waals surface area contributed by atoms with Crippen LogP contribution in [-0.2, 0) is 13.1 Å². The van der Waals surface area contributed by atoms with Crippen molar-refractivity contribution in [1.82, 2.24) is 20.1 Å². The third kappa shape index (κ3) is 4.95. The summed E-state index contributed by atoms with van der Waals surface area (Å²) in [7, 11) is 0. The number of benzene rings is 2. The molecule has 0 saturated carbocycles. The summed E-state index contributed by atoms with van der Waals surface area (Å²) in [6.07, 6.45) is 1.73. The minimum absolute atomic E-state index is 0.0256. The number of ketones is 1. The fraction of sp³-hybridized carbons (Fsp3) is 0.143. The molecule has 0 aliphatic heterocycles. The van der Waals surface area contributed by atoms with Gasteiger partial charge in [-0.25, -0.2) is 0 Å². The van der Waals surface area contributed by atoms with E-state index in [0.717, 1.165) is 0 Å². The van der Waals surface area contributed by atoms with Gasteiger partial charge < -0.3 is 9.88 Å². The maximum absolute atomic E-state index is 12.3. The Bertz CT molecular complexity index is 882. The van der Waals surface area contributed by atoms with Gasteiger partial charge in [0.05, 0.1) is 12.3 Å². The van der Waals surface area contributed by atoms with Crippen LogP contribution in [0.15, 0.2) is 78.5 Å². The third-order valence-electron chi connectivity index (χ3n) is 3.98. The quantitative estimate of drug-likeness (QED) is 0.343. The van der Waals surface area contributed by atoms with E-state index in [0.29, 0.717) is 28.7 Å². The zero-order valence-corrected chi connectivity index (χ0v) is 16.1. The minimum atomic E-state index is -0.179. The fourth-order valence-electron chi connectivity index (χ4n) is 2.56. The first-order chi connectivity index (χ1) is 13.7. The van der Waals surface area contributed by atoms with E-state index < -0.39 is 0 Å². The van der Waals surface area contributed by atoms with Gasteiger partial charge in [-0.3, -0.25) is 9.59 Å². The number of rotatable bonds is 9. The normalized spacial score (nSPS) is 10.4. The fourth-order valence-corrected chi connectivity index (χ4v) is 3.42. The van der Waals surface area contributed by atoms with Crippen molar-refractivity contribution in [2.75, 3.05) is 5.75 Å². The molecule has 0 saturated heterocycles. The molecule has 3 rings (SSSR count). The van der Waals surface area contributed by atoms with Crippen LogP contribution in [0.5, 0.6) is 0 Å². The lowest BCUT2D eigenvalue weighted by Crippen LogP contribution is -2.24. The lowest BCUT2D eigenvalue weighted by atomic mass is 10.2. The topological polar surface area (TPSA) is 76.9 Å². The number of carbonyl (C=O) groups excluding carboxylic acids is 2. The van der Waals surface area contributed by atoms with Crippen molar-refractivity contribution in [3.05, 3.63) is 90.3 Å². The Morgan fingerprint density at radius 2 is 1.64 bits per heavy atom. The Morgan fingerprint density at radius 1 is 1.00 bits per heavy atom. The summed E-state index contributed by atoms with van der Waals surface area (Å²) in [4.78, 5) is 24.5. The average molecular weight is 392 g/mol. The van der Waals surface area contributed by atoms with Crippen LogP contribution in [0, 0.1) is 0 Å². The molecule has 2 aromatic carbocycles. The number of allylic oxidation sites excluding steroid dienone is 1. The largest absolute Gasteiger partial charge is 0.345 e. The Kier molecular flexibility index (Phi) is 6.75. The summed E-state index contributed by atoms with van der Waals surface area (Å²) in [5.74, 6) is 0.717. The van der Waals surface area contributed by atoms with Crippen molar-refractivity contribution in [3.63, 3.8) is 0 Å². The number of hydrogen-bond acceptors (Lipinski definition) is 5. The number of aromatic nitrogens is 3. The summed E-state index contributed by atoms with van der Waals surface area (Å²) in [5.41, 5.74) is 1.25. The SMILES string of the molecule is C=CCn1c(CNC(=O)c2ccccc2)nnc1SCC(=O)c1ccccc1. The monoisotopic (exact) mass is 392 g/mol. The Hall–Kier alpha value is -3.19. The maximum atomic E-state index is 12.3. The van der Waals surface area contributed by atoms with Crippen LogP contribution >= 0.6 is 11.8 Å². The summed E-state index contributed by atoms with van der Waals surface area (Å²) < 4.78 is 1.85. The van der Waals surface area contributed by atoms with E-state index in [4.69, 9.17) is 0 Å². The van der Waals surface area contributed by atoms with Crippen LogP contribution in [0.1, 0.15) is 26.5 Å². The molecule has 7 heteroatoms. The van der Waals surface area contributed by atoms with Gasteiger partial charge in [0.15, 0.2) is 16.8 Å². The summed E-state index contributed by atoms with van der Waals surface area (Å²) in [6.45, 7) is 4.49. The molecule has 0 bridgehead atoms. The van der Waals surface area contributed by atoms with Gasteiger partial charge in [-0.05, 0) is 12.1 Å². The molecule has 0 radical (unpaired) electrons. The second-order valence-corrected chi connectivity index (χ2v) is 6.87. The number of carbonyl (C=O) groups is 2. The molecule has 28 heavy (non-hydrogen) atoms. The molecule has 0 spiro atoms. The molecular formula is C21H20N4O2S. The van der Waals surface area contributed by atoms with Crippen LogP contribution in [0.2, 0.25) is 0 Å². The van der Waals surface area contributed by atoms with E-state index in [1.54, 1.807) is 30.3 Å². The van der Waals surface area contributed by atoms with Crippen LogP contribution in [0.25, 0.3) is 0 Å². The first-order valence-corrected chi connectivity index (χ1v) is 9.75. The third-order valence-corrected chi connectivity index (χ3v) is 4.94. The number of thioether (sulfide) groups is 1. The van der Waals surface area contributed by atoms with Gasteiger partial charge in [0.25, 0.3) is 5.91 Å². The molecule has 0 atom stereocenters. The Labute approximate surface area is 167 Å². The van der Waals surface area contributed by atoms with Gasteiger partial charge in [-0.2, -0.15) is 0 Å². The van der Waals surface area contributed by atoms with Crippen molar-refractivity contribution in [2.24, 2.45) is 0 Å². The standard InChI is InChI=1S/C21H20N4O2S/c1-2-13-25-19(14-22-20(27)17-11-7-4-8-12-17)23-24-21(25)28-15-18(26)16-9-5-3-6-10-16/h2-12H,1,13-15H2,(H,22,27). The molecule has 0 aliphatic carbocycles. The van der Waals surface area contributed by atoms with Crippen molar-refractivity contribution < 1.29 is 9.59 Å². The van der Waals surface area contributed by atoms with Crippen LogP contribution in [0.4, 0.5) is 0 Å². The highest BCUT2D eigenvalue weighted by atomic mass is 32.2. The first-order valence-electron chi connectivity index (χ1n) is 8.76. The van der Waals surface area contributed by atoms with Crippen molar-refractivity contribution >= 4 is 23.5 Å². The van der Waals surface area contributed by atoms with Gasteiger partial charge in [-0.15, -0.1) is 16.8 Å². The van der Waals surface area contributed by atoms with Crippen LogP contribution in [-0.4, -0.2) is 32.2 Å². The van der Waals surface area contributed by atoms with E-state index in [-0.39, 0.29) is 24.0 Å². The summed E-state index contributed by atoms with van der Waals surface area (Å²) in [5, 5.41) is 11.8. The van der Waals surface area contributed by atoms with E-state index in [2.05, 4.69) is 22.1 Å². The average Bonchev–Trinajstić information content (AvgIpc) is 3.13. The predicted molar refractivity (Wildman–Crippen MR) is 109 cm³/mol. The highest BCUT2D eigenvalue weighted by molar-refractivity contribution is 7.99. The molecular weight excluding hydrogens is 372 g/mol. The molecule has 0 unspecified atom stereocenters. The Balaban J connectivity index is 1.65.